The van der Waals surface area contributed by atoms with E-state index < -0.39 is 9.23 Å². The van der Waals surface area contributed by atoms with Crippen molar-refractivity contribution in [1.29, 1.82) is 0 Å². The highest BCUT2D eigenvalue weighted by atomic mass is 127. The summed E-state index contributed by atoms with van der Waals surface area (Å²) in [5, 5.41) is 0. The molecule has 1 nitrogen and oxygen atoms in total. The second-order valence-electron chi connectivity index (χ2n) is 2.05. The zero-order chi connectivity index (χ0) is 11.1. The molecule has 0 aliphatic heterocycles. The van der Waals surface area contributed by atoms with Crippen LogP contribution in [0.15, 0.2) is 22.7 Å². The fourth-order valence-electron chi connectivity index (χ4n) is 0.646. The molecule has 0 atom stereocenters. The van der Waals surface area contributed by atoms with E-state index in [0.29, 0.717) is 5.88 Å². The Morgan fingerprint density at radius 2 is 1.93 bits per heavy atom. The van der Waals surface area contributed by atoms with Crippen molar-refractivity contribution >= 4 is 80.7 Å². The summed E-state index contributed by atoms with van der Waals surface area (Å²) in [5.74, 6) is 0.567. The lowest BCUT2D eigenvalue weighted by molar-refractivity contribution is 0.698. The smallest absolute Gasteiger partial charge is 0.211 e. The van der Waals surface area contributed by atoms with Crippen molar-refractivity contribution in [2.45, 2.75) is 5.88 Å². The summed E-state index contributed by atoms with van der Waals surface area (Å²) in [6.45, 7) is 0. The SMILES string of the molecule is ClCc1cc(I)ccc1Br.O=S(Cl)Cl. The lowest BCUT2D eigenvalue weighted by Gasteiger charge is -1.98. The standard InChI is InChI=1S/C7H5BrClI.Cl2OS/c8-7-2-1-6(10)3-5(7)4-9;1-4(2)3/h1-3H,4H2;. The highest BCUT2D eigenvalue weighted by Crippen LogP contribution is 2.20. The molecule has 0 spiro atoms. The Labute approximate surface area is 121 Å². The van der Waals surface area contributed by atoms with Crippen LogP contribution >= 0.6 is 71.5 Å². The molecule has 0 aliphatic rings. The predicted molar refractivity (Wildman–Crippen MR) is 76.3 cm³/mol. The Morgan fingerprint density at radius 3 is 2.29 bits per heavy atom. The van der Waals surface area contributed by atoms with Gasteiger partial charge in [0.25, 0.3) is 0 Å². The van der Waals surface area contributed by atoms with Crippen molar-refractivity contribution in [3.05, 3.63) is 31.8 Å². The first-order chi connectivity index (χ1) is 6.47. The van der Waals surface area contributed by atoms with Gasteiger partial charge < -0.3 is 0 Å². The van der Waals surface area contributed by atoms with Gasteiger partial charge in [0.15, 0.2) is 0 Å². The predicted octanol–water partition coefficient (Wildman–Crippen LogP) is 4.84. The average Bonchev–Trinajstić information content (AvgIpc) is 2.08. The van der Waals surface area contributed by atoms with Crippen molar-refractivity contribution in [3.8, 4) is 0 Å². The van der Waals surface area contributed by atoms with Crippen LogP contribution in [-0.4, -0.2) is 4.21 Å². The fourth-order valence-corrected chi connectivity index (χ4v) is 1.97. The molecule has 0 heterocycles. The second-order valence-corrected chi connectivity index (χ2v) is 6.95. The minimum absolute atomic E-state index is 0.567. The molecule has 0 aromatic heterocycles. The van der Waals surface area contributed by atoms with Crippen LogP contribution in [-0.2, 0) is 15.1 Å². The highest BCUT2D eigenvalue weighted by molar-refractivity contribution is 14.1. The topological polar surface area (TPSA) is 17.1 Å². The zero-order valence-electron chi connectivity index (χ0n) is 6.65. The molecule has 0 saturated carbocycles. The van der Waals surface area contributed by atoms with Gasteiger partial charge in [0.2, 0.25) is 9.23 Å². The number of rotatable bonds is 1. The first-order valence-corrected chi connectivity index (χ1v) is 8.42. The van der Waals surface area contributed by atoms with Crippen LogP contribution in [0.2, 0.25) is 0 Å². The van der Waals surface area contributed by atoms with E-state index in [9.17, 15) is 0 Å². The third kappa shape index (κ3) is 7.70. The molecule has 1 aromatic carbocycles. The van der Waals surface area contributed by atoms with Crippen molar-refractivity contribution in [3.63, 3.8) is 0 Å². The molecule has 0 aliphatic carbocycles. The van der Waals surface area contributed by atoms with Crippen LogP contribution in [0.1, 0.15) is 5.56 Å². The molecule has 14 heavy (non-hydrogen) atoms. The van der Waals surface area contributed by atoms with Gasteiger partial charge in [-0.25, -0.2) is 4.21 Å². The molecule has 0 N–H and O–H groups in total. The molecule has 0 saturated heterocycles. The lowest BCUT2D eigenvalue weighted by atomic mass is 10.2. The summed E-state index contributed by atoms with van der Waals surface area (Å²) in [7, 11) is 7.36. The van der Waals surface area contributed by atoms with Crippen LogP contribution in [0, 0.1) is 3.57 Å². The van der Waals surface area contributed by atoms with Gasteiger partial charge in [-0.15, -0.1) is 11.6 Å². The molecular formula is C7H5BrCl3IOS. The van der Waals surface area contributed by atoms with Gasteiger partial charge >= 0.3 is 0 Å². The Morgan fingerprint density at radius 1 is 1.43 bits per heavy atom. The van der Waals surface area contributed by atoms with Gasteiger partial charge in [-0.3, -0.25) is 0 Å². The van der Waals surface area contributed by atoms with E-state index in [0.717, 1.165) is 10.0 Å². The van der Waals surface area contributed by atoms with Crippen LogP contribution in [0.25, 0.3) is 0 Å². The molecule has 0 bridgehead atoms. The third-order valence-electron chi connectivity index (χ3n) is 1.15. The van der Waals surface area contributed by atoms with E-state index in [1.807, 2.05) is 12.1 Å². The van der Waals surface area contributed by atoms with Gasteiger partial charge in [-0.1, -0.05) is 15.9 Å². The maximum absolute atomic E-state index is 9.09. The van der Waals surface area contributed by atoms with Gasteiger partial charge in [-0.05, 0) is 46.4 Å². The maximum atomic E-state index is 9.09. The first kappa shape index (κ1) is 15.4. The second kappa shape index (κ2) is 8.58. The van der Waals surface area contributed by atoms with Crippen molar-refractivity contribution in [1.82, 2.24) is 0 Å². The largest absolute Gasteiger partial charge is 0.225 e. The van der Waals surface area contributed by atoms with Gasteiger partial charge in [0.05, 0.1) is 0 Å². The van der Waals surface area contributed by atoms with Crippen LogP contribution < -0.4 is 0 Å². The molecule has 1 aromatic rings. The number of alkyl halides is 1. The molecular weight excluding hydrogens is 445 g/mol. The number of hydrogen-bond acceptors (Lipinski definition) is 1. The molecule has 0 radical (unpaired) electrons. The average molecular weight is 450 g/mol. The summed E-state index contributed by atoms with van der Waals surface area (Å²) < 4.78 is 11.4. The Kier molecular flexibility index (Phi) is 9.47. The minimum atomic E-state index is -1.67. The maximum Gasteiger partial charge on any atom is 0.211 e. The van der Waals surface area contributed by atoms with E-state index in [1.54, 1.807) is 0 Å². The Bertz CT molecular complexity index is 320. The number of hydrogen-bond donors (Lipinski definition) is 0. The summed E-state index contributed by atoms with van der Waals surface area (Å²) in [6, 6.07) is 6.12. The summed E-state index contributed by atoms with van der Waals surface area (Å²) in [5.41, 5.74) is 1.15. The van der Waals surface area contributed by atoms with Crippen molar-refractivity contribution in [2.75, 3.05) is 0 Å². The van der Waals surface area contributed by atoms with Gasteiger partial charge in [-0.2, -0.15) is 0 Å². The van der Waals surface area contributed by atoms with E-state index in [1.165, 1.54) is 3.57 Å². The number of halogens is 5. The molecule has 1 rings (SSSR count). The molecule has 0 fully saturated rings. The highest BCUT2D eigenvalue weighted by Gasteiger charge is 1.97. The minimum Gasteiger partial charge on any atom is -0.225 e. The summed E-state index contributed by atoms with van der Waals surface area (Å²) in [4.78, 5) is 0. The Hall–Kier alpha value is 1.45. The number of benzene rings is 1. The molecule has 0 amide bonds. The lowest BCUT2D eigenvalue weighted by Crippen LogP contribution is -1.80. The van der Waals surface area contributed by atoms with E-state index in [2.05, 4.69) is 66.0 Å². The van der Waals surface area contributed by atoms with E-state index in [4.69, 9.17) is 15.8 Å². The van der Waals surface area contributed by atoms with Crippen molar-refractivity contribution < 1.29 is 4.21 Å². The van der Waals surface area contributed by atoms with Crippen molar-refractivity contribution in [2.24, 2.45) is 0 Å². The van der Waals surface area contributed by atoms with Crippen LogP contribution in [0.4, 0.5) is 0 Å². The fraction of sp³-hybridized carbons (Fsp3) is 0.143. The quantitative estimate of drug-likeness (QED) is 0.340. The molecule has 0 unspecified atom stereocenters. The van der Waals surface area contributed by atoms with E-state index in [-0.39, 0.29) is 0 Å². The monoisotopic (exact) mass is 448 g/mol. The van der Waals surface area contributed by atoms with Crippen LogP contribution in [0.5, 0.6) is 0 Å². The van der Waals surface area contributed by atoms with Gasteiger partial charge in [0.1, 0.15) is 0 Å². The van der Waals surface area contributed by atoms with Gasteiger partial charge in [0, 0.05) is 35.3 Å². The molecule has 7 heteroatoms. The Balaban J connectivity index is 0.000000364. The normalized spacial score (nSPS) is 9.57. The first-order valence-electron chi connectivity index (χ1n) is 3.21. The molecule has 80 valence electrons. The zero-order valence-corrected chi connectivity index (χ0v) is 13.5. The van der Waals surface area contributed by atoms with Crippen LogP contribution in [0.3, 0.4) is 0 Å². The summed E-state index contributed by atoms with van der Waals surface area (Å²) >= 11 is 11.3. The summed E-state index contributed by atoms with van der Waals surface area (Å²) in [6.07, 6.45) is 0. The third-order valence-corrected chi connectivity index (χ3v) is 2.88. The van der Waals surface area contributed by atoms with E-state index >= 15 is 0 Å².